The zero-order valence-electron chi connectivity index (χ0n) is 18.2. The molecule has 0 unspecified atom stereocenters. The third kappa shape index (κ3) is 4.59. The van der Waals surface area contributed by atoms with E-state index in [4.69, 9.17) is 26.5 Å². The first-order chi connectivity index (χ1) is 16.7. The monoisotopic (exact) mass is 495 g/mol. The van der Waals surface area contributed by atoms with Crippen LogP contribution in [-0.4, -0.2) is 32.1 Å². The number of H-pyrrole nitrogens is 1. The van der Waals surface area contributed by atoms with Gasteiger partial charge in [0, 0.05) is 5.56 Å². The van der Waals surface area contributed by atoms with E-state index in [2.05, 4.69) is 9.97 Å². The number of oxazole rings is 1. The average Bonchev–Trinajstić information content (AvgIpc) is 3.17. The lowest BCUT2D eigenvalue weighted by Crippen LogP contribution is -2.24. The molecule has 5 N–H and O–H groups in total. The number of halogens is 1. The third-order valence-electron chi connectivity index (χ3n) is 5.19. The van der Waals surface area contributed by atoms with Gasteiger partial charge in [0.1, 0.15) is 40.8 Å². The number of anilines is 1. The number of nitrogens with one attached hydrogen (secondary N) is 1. The Hall–Kier alpha value is -4.57. The number of carboxylic acids is 2. The van der Waals surface area contributed by atoms with Crippen LogP contribution in [0.2, 0.25) is 5.02 Å². The van der Waals surface area contributed by atoms with Gasteiger partial charge in [-0.25, -0.2) is 14.6 Å². The predicted molar refractivity (Wildman–Crippen MR) is 127 cm³/mol. The number of nitrogens with zero attached hydrogens (tertiary/aromatic N) is 1. The lowest BCUT2D eigenvalue weighted by molar-refractivity contribution is 0.0695. The summed E-state index contributed by atoms with van der Waals surface area (Å²) in [5.74, 6) is -2.21. The Bertz CT molecular complexity index is 1510. The Morgan fingerprint density at radius 2 is 1.74 bits per heavy atom. The van der Waals surface area contributed by atoms with Crippen LogP contribution >= 0.6 is 11.6 Å². The fourth-order valence-corrected chi connectivity index (χ4v) is 3.73. The molecule has 2 aromatic heterocycles. The maximum absolute atomic E-state index is 12.2. The fraction of sp³-hybridized carbons (Fsp3) is 0.0833. The molecular formula is C24H18ClN3O7. The molecule has 0 atom stereocenters. The minimum Gasteiger partial charge on any atom is -0.487 e. The molecule has 0 aliphatic carbocycles. The Labute approximate surface area is 202 Å². The molecule has 2 heterocycles. The fourth-order valence-electron chi connectivity index (χ4n) is 3.52. The molecule has 4 aromatic rings. The molecule has 0 saturated heterocycles. The topological polar surface area (TPSA) is 169 Å². The smallest absolute Gasteiger partial charge is 0.342 e. The Morgan fingerprint density at radius 1 is 1.09 bits per heavy atom. The van der Waals surface area contributed by atoms with E-state index in [0.717, 1.165) is 0 Å². The predicted octanol–water partition coefficient (Wildman–Crippen LogP) is 4.22. The lowest BCUT2D eigenvalue weighted by Gasteiger charge is -2.12. The average molecular weight is 496 g/mol. The molecule has 2 aromatic carbocycles. The minimum atomic E-state index is -1.58. The first-order valence-corrected chi connectivity index (χ1v) is 10.5. The number of nitrogen functional groups attached to an aromatic ring is 1. The van der Waals surface area contributed by atoms with Gasteiger partial charge in [-0.15, -0.1) is 0 Å². The van der Waals surface area contributed by atoms with Gasteiger partial charge in [-0.05, 0) is 36.8 Å². The minimum absolute atomic E-state index is 0.0673. The number of rotatable bonds is 7. The standard InChI is InChI=1S/C24H18ClN3O7/c1-11-16(27-22(35-11)14-4-2-3-5-15(14)25)10-34-13-8-6-12(7-9-13)17-18(23(30)31)20(26)28-21(29)19(17)24(32)33/h2-9H,10H2,1H3,(H,30,31)(H,32,33)(H3,26,28,29). The first-order valence-electron chi connectivity index (χ1n) is 10.1. The first kappa shape index (κ1) is 23.6. The molecule has 0 aliphatic rings. The number of hydrogen-bond donors (Lipinski definition) is 4. The number of ether oxygens (including phenoxy) is 1. The number of pyridine rings is 1. The van der Waals surface area contributed by atoms with Crippen molar-refractivity contribution in [3.63, 3.8) is 0 Å². The normalized spacial score (nSPS) is 10.8. The summed E-state index contributed by atoms with van der Waals surface area (Å²) in [4.78, 5) is 42.1. The number of carbonyl (C=O) groups is 2. The van der Waals surface area contributed by atoms with E-state index in [-0.39, 0.29) is 17.7 Å². The highest BCUT2D eigenvalue weighted by Crippen LogP contribution is 2.31. The summed E-state index contributed by atoms with van der Waals surface area (Å²) < 4.78 is 11.5. The van der Waals surface area contributed by atoms with Gasteiger partial charge >= 0.3 is 11.9 Å². The van der Waals surface area contributed by atoms with Crippen molar-refractivity contribution in [1.82, 2.24) is 9.97 Å². The number of benzene rings is 2. The van der Waals surface area contributed by atoms with Gasteiger partial charge < -0.3 is 30.1 Å². The summed E-state index contributed by atoms with van der Waals surface area (Å²) in [5.41, 5.74) is 4.48. The lowest BCUT2D eigenvalue weighted by atomic mass is 9.95. The number of aromatic nitrogens is 2. The van der Waals surface area contributed by atoms with Gasteiger partial charge in [-0.1, -0.05) is 35.9 Å². The zero-order chi connectivity index (χ0) is 25.3. The molecule has 10 nitrogen and oxygen atoms in total. The summed E-state index contributed by atoms with van der Waals surface area (Å²) in [6.45, 7) is 1.81. The number of nitrogens with two attached hydrogens (primary N) is 1. The maximum atomic E-state index is 12.2. The molecule has 11 heteroatoms. The van der Waals surface area contributed by atoms with Crippen LogP contribution in [0.5, 0.6) is 5.75 Å². The van der Waals surface area contributed by atoms with Gasteiger partial charge in [0.15, 0.2) is 0 Å². The summed E-state index contributed by atoms with van der Waals surface area (Å²) in [6, 6.07) is 13.0. The number of carboxylic acid groups (broad SMARTS) is 2. The van der Waals surface area contributed by atoms with Crippen LogP contribution in [0.4, 0.5) is 5.82 Å². The van der Waals surface area contributed by atoms with Gasteiger partial charge in [-0.3, -0.25) is 4.79 Å². The van der Waals surface area contributed by atoms with Crippen LogP contribution in [0, 0.1) is 6.92 Å². The van der Waals surface area contributed by atoms with Crippen LogP contribution < -0.4 is 16.0 Å². The molecule has 0 amide bonds. The zero-order valence-corrected chi connectivity index (χ0v) is 18.9. The van der Waals surface area contributed by atoms with Gasteiger partial charge in [-0.2, -0.15) is 0 Å². The molecule has 4 rings (SSSR count). The second kappa shape index (κ2) is 9.35. The quantitative estimate of drug-likeness (QED) is 0.293. The maximum Gasteiger partial charge on any atom is 0.342 e. The van der Waals surface area contributed by atoms with Crippen molar-refractivity contribution in [2.24, 2.45) is 0 Å². The molecule has 0 aliphatic heterocycles. The third-order valence-corrected chi connectivity index (χ3v) is 5.52. The number of aromatic amines is 1. The van der Waals surface area contributed by atoms with Crippen molar-refractivity contribution in [1.29, 1.82) is 0 Å². The largest absolute Gasteiger partial charge is 0.487 e. The van der Waals surface area contributed by atoms with Crippen molar-refractivity contribution in [2.75, 3.05) is 5.73 Å². The van der Waals surface area contributed by atoms with Gasteiger partial charge in [0.05, 0.1) is 10.6 Å². The number of aryl methyl sites for hydroxylation is 1. The molecule has 0 spiro atoms. The van der Waals surface area contributed by atoms with E-state index in [9.17, 15) is 24.6 Å². The SMILES string of the molecule is Cc1oc(-c2ccccc2Cl)nc1COc1ccc(-c2c(C(=O)O)c(N)[nH]c(=O)c2C(=O)O)cc1. The van der Waals surface area contributed by atoms with E-state index >= 15 is 0 Å². The van der Waals surface area contributed by atoms with E-state index in [1.54, 1.807) is 25.1 Å². The van der Waals surface area contributed by atoms with Crippen LogP contribution in [0.1, 0.15) is 32.2 Å². The molecule has 0 bridgehead atoms. The van der Waals surface area contributed by atoms with Crippen molar-refractivity contribution in [3.05, 3.63) is 86.5 Å². The van der Waals surface area contributed by atoms with Gasteiger partial charge in [0.2, 0.25) is 5.89 Å². The number of hydrogen-bond acceptors (Lipinski definition) is 7. The highest BCUT2D eigenvalue weighted by molar-refractivity contribution is 6.33. The van der Waals surface area contributed by atoms with Crippen molar-refractivity contribution in [3.8, 4) is 28.3 Å². The van der Waals surface area contributed by atoms with E-state index in [0.29, 0.717) is 33.7 Å². The Balaban J connectivity index is 1.61. The summed E-state index contributed by atoms with van der Waals surface area (Å²) in [5, 5.41) is 19.5. The summed E-state index contributed by atoms with van der Waals surface area (Å²) in [6.07, 6.45) is 0. The second-order valence-corrected chi connectivity index (χ2v) is 7.83. The van der Waals surface area contributed by atoms with E-state index < -0.39 is 34.4 Å². The molecule has 35 heavy (non-hydrogen) atoms. The van der Waals surface area contributed by atoms with Crippen molar-refractivity contribution in [2.45, 2.75) is 13.5 Å². The summed E-state index contributed by atoms with van der Waals surface area (Å²) in [7, 11) is 0. The number of aromatic carboxylic acids is 2. The summed E-state index contributed by atoms with van der Waals surface area (Å²) >= 11 is 6.21. The van der Waals surface area contributed by atoms with E-state index in [1.165, 1.54) is 24.3 Å². The molecular weight excluding hydrogens is 478 g/mol. The van der Waals surface area contributed by atoms with E-state index in [1.807, 2.05) is 6.07 Å². The Kier molecular flexibility index (Phi) is 6.30. The second-order valence-electron chi connectivity index (χ2n) is 7.42. The highest BCUT2D eigenvalue weighted by atomic mass is 35.5. The van der Waals surface area contributed by atoms with Crippen LogP contribution in [-0.2, 0) is 6.61 Å². The van der Waals surface area contributed by atoms with Crippen LogP contribution in [0.25, 0.3) is 22.6 Å². The molecule has 178 valence electrons. The van der Waals surface area contributed by atoms with Gasteiger partial charge in [0.25, 0.3) is 5.56 Å². The molecule has 0 fully saturated rings. The highest BCUT2D eigenvalue weighted by Gasteiger charge is 2.26. The van der Waals surface area contributed by atoms with Crippen LogP contribution in [0.15, 0.2) is 57.7 Å². The van der Waals surface area contributed by atoms with Crippen molar-refractivity contribution < 1.29 is 29.0 Å². The van der Waals surface area contributed by atoms with Crippen molar-refractivity contribution >= 4 is 29.4 Å². The molecule has 0 radical (unpaired) electrons. The Morgan fingerprint density at radius 3 is 2.37 bits per heavy atom. The molecule has 0 saturated carbocycles. The van der Waals surface area contributed by atoms with Crippen LogP contribution in [0.3, 0.4) is 0 Å².